The largest absolute Gasteiger partial charge is 0.331 e. The van der Waals surface area contributed by atoms with Gasteiger partial charge in [-0.1, -0.05) is 55.0 Å². The molecule has 3 atom stereocenters. The summed E-state index contributed by atoms with van der Waals surface area (Å²) in [4.78, 5) is 14.9. The topological polar surface area (TPSA) is 47.6 Å². The number of benzene rings is 2. The van der Waals surface area contributed by atoms with Crippen LogP contribution in [0.25, 0.3) is 0 Å². The standard InChI is InChI=1S/C32H35FN4O/c1-4-17-36(18-5-2)32(38)35-29(23-9-7-6-8-10-23)19-24-11-12-25-20-30-28(22(3)31(24)25)21-34-37(30)27-15-13-26(33)14-16-27/h4-10,13-16,20-22,24,29,34H,1-2,11-12,17-19H2,3H3,(H,35,38)/t22-,24+,29?/m0/s1. The zero-order chi connectivity index (χ0) is 26.6. The predicted octanol–water partition coefficient (Wildman–Crippen LogP) is 6.79. The molecule has 2 aromatic rings. The summed E-state index contributed by atoms with van der Waals surface area (Å²) < 4.78 is 13.5. The van der Waals surface area contributed by atoms with Crippen LogP contribution in [0, 0.1) is 17.7 Å². The zero-order valence-electron chi connectivity index (χ0n) is 21.9. The van der Waals surface area contributed by atoms with Gasteiger partial charge in [-0.15, -0.1) is 13.2 Å². The van der Waals surface area contributed by atoms with E-state index in [1.807, 2.05) is 23.2 Å². The van der Waals surface area contributed by atoms with Crippen molar-refractivity contribution >= 4 is 11.7 Å². The van der Waals surface area contributed by atoms with Crippen molar-refractivity contribution in [3.63, 3.8) is 0 Å². The van der Waals surface area contributed by atoms with Crippen LogP contribution in [-0.2, 0) is 0 Å². The van der Waals surface area contributed by atoms with Crippen LogP contribution >= 0.6 is 0 Å². The highest BCUT2D eigenvalue weighted by atomic mass is 19.1. The van der Waals surface area contributed by atoms with E-state index in [1.54, 1.807) is 29.2 Å². The summed E-state index contributed by atoms with van der Waals surface area (Å²) in [6, 6.07) is 16.6. The molecule has 1 aliphatic heterocycles. The van der Waals surface area contributed by atoms with Gasteiger partial charge in [0, 0.05) is 30.8 Å². The molecule has 38 heavy (non-hydrogen) atoms. The second-order valence-electron chi connectivity index (χ2n) is 10.1. The molecular weight excluding hydrogens is 475 g/mol. The molecule has 5 nitrogen and oxygen atoms in total. The fourth-order valence-electron chi connectivity index (χ4n) is 6.00. The van der Waals surface area contributed by atoms with Gasteiger partial charge in [-0.05, 0) is 66.7 Å². The molecule has 0 spiro atoms. The van der Waals surface area contributed by atoms with Gasteiger partial charge in [0.2, 0.25) is 0 Å². The maximum absolute atomic E-state index is 13.5. The Morgan fingerprint density at radius 3 is 2.55 bits per heavy atom. The zero-order valence-corrected chi connectivity index (χ0v) is 21.9. The number of carbonyl (C=O) groups is 1. The molecule has 2 aromatic carbocycles. The molecule has 1 unspecified atom stereocenters. The molecule has 0 aromatic heterocycles. The van der Waals surface area contributed by atoms with Crippen LogP contribution in [0.3, 0.4) is 0 Å². The molecule has 0 bridgehead atoms. The average Bonchev–Trinajstić information content (AvgIpc) is 3.54. The molecule has 5 rings (SSSR count). The average molecular weight is 511 g/mol. The first-order valence-corrected chi connectivity index (χ1v) is 13.3. The van der Waals surface area contributed by atoms with Crippen molar-refractivity contribution in [2.75, 3.05) is 18.1 Å². The van der Waals surface area contributed by atoms with E-state index in [9.17, 15) is 9.18 Å². The number of nitrogens with zero attached hydrogens (tertiary/aromatic N) is 2. The maximum atomic E-state index is 13.5. The predicted molar refractivity (Wildman–Crippen MR) is 151 cm³/mol. The maximum Gasteiger partial charge on any atom is 0.318 e. The Hall–Kier alpha value is -4.06. The lowest BCUT2D eigenvalue weighted by atomic mass is 9.78. The lowest BCUT2D eigenvalue weighted by molar-refractivity contribution is 0.202. The highest BCUT2D eigenvalue weighted by Gasteiger charge is 2.39. The van der Waals surface area contributed by atoms with Crippen molar-refractivity contribution in [1.82, 2.24) is 15.6 Å². The number of hydrogen-bond donors (Lipinski definition) is 2. The van der Waals surface area contributed by atoms with Crippen molar-refractivity contribution in [2.24, 2.45) is 11.8 Å². The van der Waals surface area contributed by atoms with Gasteiger partial charge >= 0.3 is 6.03 Å². The fraction of sp³-hybridized carbons (Fsp3) is 0.281. The number of amides is 2. The molecule has 196 valence electrons. The van der Waals surface area contributed by atoms with E-state index in [0.29, 0.717) is 19.0 Å². The van der Waals surface area contributed by atoms with Gasteiger partial charge in [-0.25, -0.2) is 9.18 Å². The van der Waals surface area contributed by atoms with Crippen LogP contribution in [0.5, 0.6) is 0 Å². The van der Waals surface area contributed by atoms with Crippen LogP contribution in [0.15, 0.2) is 115 Å². The Balaban J connectivity index is 1.40. The van der Waals surface area contributed by atoms with E-state index >= 15 is 0 Å². The molecule has 2 N–H and O–H groups in total. The number of urea groups is 1. The van der Waals surface area contributed by atoms with Gasteiger partial charge in [-0.2, -0.15) is 0 Å². The molecule has 0 radical (unpaired) electrons. The quantitative estimate of drug-likeness (QED) is 0.365. The number of hydrazine groups is 1. The van der Waals surface area contributed by atoms with Crippen molar-refractivity contribution in [3.05, 3.63) is 126 Å². The van der Waals surface area contributed by atoms with Crippen LogP contribution in [-0.4, -0.2) is 24.0 Å². The first-order chi connectivity index (χ1) is 18.5. The SMILES string of the molecule is C=CCN(CC=C)C(=O)NC(C[C@H]1CCC2=C1[C@@H](C)C1=CNN(c3ccc(F)cc3)C1=C2)c1ccccc1. The Labute approximate surface area is 224 Å². The normalized spacial score (nSPS) is 20.5. The Morgan fingerprint density at radius 1 is 1.16 bits per heavy atom. The Morgan fingerprint density at radius 2 is 1.87 bits per heavy atom. The van der Waals surface area contributed by atoms with E-state index in [-0.39, 0.29) is 23.8 Å². The molecule has 0 saturated heterocycles. The molecule has 2 amide bonds. The van der Waals surface area contributed by atoms with Gasteiger partial charge < -0.3 is 15.6 Å². The number of nitrogens with one attached hydrogen (secondary N) is 2. The molecule has 2 aliphatic carbocycles. The molecule has 1 heterocycles. The van der Waals surface area contributed by atoms with Crippen LogP contribution in [0.2, 0.25) is 0 Å². The lowest BCUT2D eigenvalue weighted by Crippen LogP contribution is -2.42. The van der Waals surface area contributed by atoms with Crippen LogP contribution in [0.1, 0.15) is 37.8 Å². The number of halogens is 1. The third-order valence-corrected chi connectivity index (χ3v) is 7.79. The van der Waals surface area contributed by atoms with E-state index in [4.69, 9.17) is 0 Å². The third-order valence-electron chi connectivity index (χ3n) is 7.79. The summed E-state index contributed by atoms with van der Waals surface area (Å²) in [5.74, 6) is 0.366. The number of hydrogen-bond acceptors (Lipinski definition) is 3. The summed E-state index contributed by atoms with van der Waals surface area (Å²) in [7, 11) is 0. The smallest absolute Gasteiger partial charge is 0.318 e. The summed E-state index contributed by atoms with van der Waals surface area (Å²) in [5, 5.41) is 5.34. The number of fused-ring (bicyclic) bond motifs is 1. The summed E-state index contributed by atoms with van der Waals surface area (Å²) in [5.41, 5.74) is 10.6. The minimum absolute atomic E-state index is 0.109. The first kappa shape index (κ1) is 25.6. The van der Waals surface area contributed by atoms with Gasteiger partial charge in [0.15, 0.2) is 0 Å². The number of rotatable bonds is 9. The highest BCUT2D eigenvalue weighted by molar-refractivity contribution is 5.75. The molecule has 6 heteroatoms. The van der Waals surface area contributed by atoms with Gasteiger partial charge in [0.1, 0.15) is 5.82 Å². The van der Waals surface area contributed by atoms with E-state index in [1.165, 1.54) is 28.9 Å². The van der Waals surface area contributed by atoms with E-state index in [2.05, 4.69) is 55.2 Å². The Kier molecular flexibility index (Phi) is 7.50. The highest BCUT2D eigenvalue weighted by Crippen LogP contribution is 2.49. The summed E-state index contributed by atoms with van der Waals surface area (Å²) in [6.45, 7) is 10.8. The molecule has 0 saturated carbocycles. The van der Waals surface area contributed by atoms with Crippen LogP contribution in [0.4, 0.5) is 14.9 Å². The van der Waals surface area contributed by atoms with E-state index < -0.39 is 0 Å². The lowest BCUT2D eigenvalue weighted by Gasteiger charge is -2.32. The third kappa shape index (κ3) is 5.03. The minimum atomic E-state index is -0.243. The number of anilines is 1. The van der Waals surface area contributed by atoms with E-state index in [0.717, 1.165) is 36.2 Å². The summed E-state index contributed by atoms with van der Waals surface area (Å²) >= 11 is 0. The molecule has 0 fully saturated rings. The first-order valence-electron chi connectivity index (χ1n) is 13.3. The van der Waals surface area contributed by atoms with Crippen molar-refractivity contribution in [3.8, 4) is 0 Å². The van der Waals surface area contributed by atoms with Crippen molar-refractivity contribution in [2.45, 2.75) is 32.2 Å². The summed E-state index contributed by atoms with van der Waals surface area (Å²) in [6.07, 6.45) is 10.7. The van der Waals surface area contributed by atoms with Crippen molar-refractivity contribution < 1.29 is 9.18 Å². The van der Waals surface area contributed by atoms with Gasteiger partial charge in [-0.3, -0.25) is 5.01 Å². The van der Waals surface area contributed by atoms with Gasteiger partial charge in [0.05, 0.1) is 17.4 Å². The number of carbonyl (C=O) groups excluding carboxylic acids is 1. The Bertz CT molecular complexity index is 1280. The second-order valence-corrected chi connectivity index (χ2v) is 10.1. The minimum Gasteiger partial charge on any atom is -0.331 e. The van der Waals surface area contributed by atoms with Crippen LogP contribution < -0.4 is 15.8 Å². The molecular formula is C32H35FN4O. The monoisotopic (exact) mass is 510 g/mol. The van der Waals surface area contributed by atoms with Gasteiger partial charge in [0.25, 0.3) is 0 Å². The fourth-order valence-corrected chi connectivity index (χ4v) is 6.00. The molecule has 3 aliphatic rings. The second kappa shape index (κ2) is 11.1. The number of allylic oxidation sites excluding steroid dienone is 4. The van der Waals surface area contributed by atoms with Crippen molar-refractivity contribution in [1.29, 1.82) is 0 Å².